The average molecular weight is 1170 g/mol. The van der Waals surface area contributed by atoms with Gasteiger partial charge in [-0.1, -0.05) is 419 Å². The Kier molecular flexibility index (Phi) is 71.5. The van der Waals surface area contributed by atoms with E-state index in [1.165, 1.54) is 360 Å². The van der Waals surface area contributed by atoms with Crippen molar-refractivity contribution in [2.75, 3.05) is 13.2 Å². The Morgan fingerprint density at radius 3 is 0.482 bits per heavy atom. The molecule has 1 unspecified atom stereocenters. The molecule has 0 aromatic rings. The largest absolute Gasteiger partial charge is 0.462 e. The molecule has 6 nitrogen and oxygen atoms in total. The smallest absolute Gasteiger partial charge is 0.306 e. The molecule has 0 aromatic carbocycles. The molecule has 0 saturated carbocycles. The summed E-state index contributed by atoms with van der Waals surface area (Å²) >= 11 is 0. The van der Waals surface area contributed by atoms with Gasteiger partial charge in [0.25, 0.3) is 0 Å². The lowest BCUT2D eigenvalue weighted by Gasteiger charge is -2.18. The number of ether oxygens (including phenoxy) is 3. The minimum absolute atomic E-state index is 0.0603. The fourth-order valence-corrected chi connectivity index (χ4v) is 12.3. The molecular formula is C77H150O6. The summed E-state index contributed by atoms with van der Waals surface area (Å²) in [6.07, 6.45) is 87.5. The first kappa shape index (κ1) is 81.4. The minimum Gasteiger partial charge on any atom is -0.462 e. The third-order valence-electron chi connectivity index (χ3n) is 18.1. The molecule has 1 atom stereocenters. The van der Waals surface area contributed by atoms with Crippen molar-refractivity contribution in [2.45, 2.75) is 463 Å². The van der Waals surface area contributed by atoms with Gasteiger partial charge in [-0.3, -0.25) is 14.4 Å². The zero-order valence-electron chi connectivity index (χ0n) is 57.0. The Bertz CT molecular complexity index is 1250. The van der Waals surface area contributed by atoms with Gasteiger partial charge in [0.1, 0.15) is 13.2 Å². The van der Waals surface area contributed by atoms with E-state index in [0.717, 1.165) is 57.8 Å². The number of hydrogen-bond acceptors (Lipinski definition) is 6. The van der Waals surface area contributed by atoms with Crippen molar-refractivity contribution in [1.29, 1.82) is 0 Å². The van der Waals surface area contributed by atoms with E-state index in [1.54, 1.807) is 0 Å². The summed E-state index contributed by atoms with van der Waals surface area (Å²) in [7, 11) is 0. The molecule has 0 aliphatic carbocycles. The van der Waals surface area contributed by atoms with Crippen molar-refractivity contribution in [2.24, 2.45) is 0 Å². The van der Waals surface area contributed by atoms with Crippen LogP contribution in [0.25, 0.3) is 0 Å². The van der Waals surface area contributed by atoms with Crippen LogP contribution in [-0.4, -0.2) is 37.2 Å². The Labute approximate surface area is 520 Å². The van der Waals surface area contributed by atoms with E-state index in [4.69, 9.17) is 14.2 Å². The maximum Gasteiger partial charge on any atom is 0.306 e. The van der Waals surface area contributed by atoms with Crippen molar-refractivity contribution in [3.63, 3.8) is 0 Å². The van der Waals surface area contributed by atoms with Crippen LogP contribution in [0.2, 0.25) is 0 Å². The van der Waals surface area contributed by atoms with Crippen molar-refractivity contribution < 1.29 is 28.6 Å². The number of rotatable bonds is 73. The molecule has 6 heteroatoms. The summed E-state index contributed by atoms with van der Waals surface area (Å²) in [5, 5.41) is 0. The lowest BCUT2D eigenvalue weighted by atomic mass is 10.0. The highest BCUT2D eigenvalue weighted by Gasteiger charge is 2.20. The SMILES string of the molecule is CCCCCCCCCCCCCCCCCCCCCCCCCCCCCCCCCCCC(=O)OCC(COC(=O)CCCCCCCCCCCCC)OC(=O)CCCCCCCCCCCCCCCCCCCCCCC. The van der Waals surface area contributed by atoms with Crippen LogP contribution in [0.1, 0.15) is 457 Å². The highest BCUT2D eigenvalue weighted by molar-refractivity contribution is 5.71. The van der Waals surface area contributed by atoms with Crippen molar-refractivity contribution in [3.8, 4) is 0 Å². The Morgan fingerprint density at radius 1 is 0.193 bits per heavy atom. The first-order valence-corrected chi connectivity index (χ1v) is 38.5. The third-order valence-corrected chi connectivity index (χ3v) is 18.1. The number of unbranched alkanes of at least 4 members (excludes halogenated alkanes) is 62. The highest BCUT2D eigenvalue weighted by atomic mass is 16.6. The fourth-order valence-electron chi connectivity index (χ4n) is 12.3. The Morgan fingerprint density at radius 2 is 0.325 bits per heavy atom. The van der Waals surface area contributed by atoms with Crippen LogP contribution in [0.4, 0.5) is 0 Å². The molecule has 0 N–H and O–H groups in total. The van der Waals surface area contributed by atoms with E-state index in [0.29, 0.717) is 19.3 Å². The van der Waals surface area contributed by atoms with Gasteiger partial charge < -0.3 is 14.2 Å². The van der Waals surface area contributed by atoms with E-state index < -0.39 is 6.10 Å². The second-order valence-corrected chi connectivity index (χ2v) is 26.6. The standard InChI is InChI=1S/C77H150O6/c1-4-7-10-13-16-19-22-24-26-28-30-32-33-34-35-36-37-38-39-40-41-42-43-45-46-48-50-52-55-58-61-64-67-70-76(79)82-73-74(72-81-75(78)69-66-63-60-57-54-21-18-15-12-9-6-3)83-77(80)71-68-65-62-59-56-53-51-49-47-44-31-29-27-25-23-20-17-14-11-8-5-2/h74H,4-73H2,1-3H3. The predicted octanol–water partition coefficient (Wildman–Crippen LogP) is 26.6. The van der Waals surface area contributed by atoms with Crippen LogP contribution >= 0.6 is 0 Å². The lowest BCUT2D eigenvalue weighted by molar-refractivity contribution is -0.167. The first-order valence-electron chi connectivity index (χ1n) is 38.5. The molecule has 0 rings (SSSR count). The predicted molar refractivity (Wildman–Crippen MR) is 363 cm³/mol. The molecule has 0 spiro atoms. The zero-order chi connectivity index (χ0) is 59.9. The van der Waals surface area contributed by atoms with Crippen molar-refractivity contribution in [1.82, 2.24) is 0 Å². The molecule has 0 amide bonds. The number of carbonyl (C=O) groups excluding carboxylic acids is 3. The molecule has 0 saturated heterocycles. The maximum absolute atomic E-state index is 12.9. The molecule has 0 aliphatic heterocycles. The van der Waals surface area contributed by atoms with Gasteiger partial charge in [-0.15, -0.1) is 0 Å². The van der Waals surface area contributed by atoms with Gasteiger partial charge in [0.05, 0.1) is 0 Å². The molecule has 0 bridgehead atoms. The van der Waals surface area contributed by atoms with Gasteiger partial charge in [-0.05, 0) is 19.3 Å². The fraction of sp³-hybridized carbons (Fsp3) is 0.961. The second-order valence-electron chi connectivity index (χ2n) is 26.6. The summed E-state index contributed by atoms with van der Waals surface area (Å²) in [5.41, 5.74) is 0. The van der Waals surface area contributed by atoms with Crippen molar-refractivity contribution in [3.05, 3.63) is 0 Å². The monoisotopic (exact) mass is 1170 g/mol. The van der Waals surface area contributed by atoms with Crippen molar-refractivity contribution >= 4 is 17.9 Å². The normalized spacial score (nSPS) is 11.9. The van der Waals surface area contributed by atoms with Crippen LogP contribution in [0.15, 0.2) is 0 Å². The topological polar surface area (TPSA) is 78.9 Å². The third kappa shape index (κ3) is 71.1. The molecule has 0 radical (unpaired) electrons. The lowest BCUT2D eigenvalue weighted by Crippen LogP contribution is -2.30. The minimum atomic E-state index is -0.763. The van der Waals surface area contributed by atoms with E-state index >= 15 is 0 Å². The summed E-state index contributed by atoms with van der Waals surface area (Å²) in [6, 6.07) is 0. The van der Waals surface area contributed by atoms with Crippen LogP contribution in [-0.2, 0) is 28.6 Å². The molecule has 0 heterocycles. The molecule has 83 heavy (non-hydrogen) atoms. The Hall–Kier alpha value is -1.59. The van der Waals surface area contributed by atoms with Gasteiger partial charge in [-0.2, -0.15) is 0 Å². The summed E-state index contributed by atoms with van der Waals surface area (Å²) in [6.45, 7) is 6.74. The van der Waals surface area contributed by atoms with Crippen LogP contribution in [0.3, 0.4) is 0 Å². The molecule has 0 aromatic heterocycles. The number of hydrogen-bond donors (Lipinski definition) is 0. The Balaban J connectivity index is 4.03. The quantitative estimate of drug-likeness (QED) is 0.0343. The van der Waals surface area contributed by atoms with Gasteiger partial charge in [-0.25, -0.2) is 0 Å². The van der Waals surface area contributed by atoms with Crippen LogP contribution < -0.4 is 0 Å². The summed E-state index contributed by atoms with van der Waals surface area (Å²) < 4.78 is 17.0. The molecular weight excluding hydrogens is 1020 g/mol. The van der Waals surface area contributed by atoms with Gasteiger partial charge >= 0.3 is 17.9 Å². The van der Waals surface area contributed by atoms with Crippen LogP contribution in [0.5, 0.6) is 0 Å². The van der Waals surface area contributed by atoms with E-state index in [1.807, 2.05) is 0 Å². The van der Waals surface area contributed by atoms with E-state index in [9.17, 15) is 14.4 Å². The highest BCUT2D eigenvalue weighted by Crippen LogP contribution is 2.20. The number of carbonyl (C=O) groups is 3. The van der Waals surface area contributed by atoms with Gasteiger partial charge in [0.15, 0.2) is 6.10 Å². The molecule has 0 fully saturated rings. The van der Waals surface area contributed by atoms with Crippen LogP contribution in [0, 0.1) is 0 Å². The van der Waals surface area contributed by atoms with E-state index in [2.05, 4.69) is 20.8 Å². The zero-order valence-corrected chi connectivity index (χ0v) is 57.0. The molecule has 0 aliphatic rings. The summed E-state index contributed by atoms with van der Waals surface area (Å²) in [4.78, 5) is 38.4. The van der Waals surface area contributed by atoms with Gasteiger partial charge in [0.2, 0.25) is 0 Å². The molecule has 494 valence electrons. The van der Waals surface area contributed by atoms with E-state index in [-0.39, 0.29) is 31.1 Å². The first-order chi connectivity index (χ1) is 41.0. The second kappa shape index (κ2) is 72.9. The average Bonchev–Trinajstić information content (AvgIpc) is 3.48. The van der Waals surface area contributed by atoms with Gasteiger partial charge in [0, 0.05) is 19.3 Å². The summed E-state index contributed by atoms with van der Waals surface area (Å²) in [5.74, 6) is -0.820. The number of esters is 3. The maximum atomic E-state index is 12.9.